The summed E-state index contributed by atoms with van der Waals surface area (Å²) in [6.07, 6.45) is -0.926. The molecule has 0 aliphatic carbocycles. The van der Waals surface area contributed by atoms with Crippen LogP contribution in [0.5, 0.6) is 0 Å². The minimum atomic E-state index is -1.11. The van der Waals surface area contributed by atoms with Crippen LogP contribution in [0.25, 0.3) is 0 Å². The van der Waals surface area contributed by atoms with E-state index >= 15 is 0 Å². The molecule has 0 aliphatic rings. The number of amides is 3. The maximum atomic E-state index is 11.5. The van der Waals surface area contributed by atoms with E-state index in [0.29, 0.717) is 10.2 Å². The molecule has 108 valence electrons. The van der Waals surface area contributed by atoms with Gasteiger partial charge < -0.3 is 26.2 Å². The molecule has 0 aromatic heterocycles. The van der Waals surface area contributed by atoms with Gasteiger partial charge in [0.15, 0.2) is 0 Å². The van der Waals surface area contributed by atoms with Gasteiger partial charge in [0.1, 0.15) is 6.61 Å². The third-order valence-corrected chi connectivity index (χ3v) is 2.49. The lowest BCUT2D eigenvalue weighted by Crippen LogP contribution is -2.32. The Balaban J connectivity index is 2.53. The molecule has 1 aromatic carbocycles. The molecule has 0 saturated carbocycles. The van der Waals surface area contributed by atoms with Gasteiger partial charge in [0.05, 0.1) is 12.1 Å². The SMILES string of the molecule is NC(=O)OCCNC(=O)Nc1cc(Br)cc(C(=O)O)c1. The molecule has 0 saturated heterocycles. The molecule has 0 fully saturated rings. The largest absolute Gasteiger partial charge is 0.478 e. The summed E-state index contributed by atoms with van der Waals surface area (Å²) in [6, 6.07) is 3.71. The van der Waals surface area contributed by atoms with Gasteiger partial charge in [-0.05, 0) is 18.2 Å². The van der Waals surface area contributed by atoms with E-state index in [9.17, 15) is 14.4 Å². The highest BCUT2D eigenvalue weighted by atomic mass is 79.9. The lowest BCUT2D eigenvalue weighted by atomic mass is 10.2. The monoisotopic (exact) mass is 345 g/mol. The number of halogens is 1. The minimum absolute atomic E-state index is 0.0340. The highest BCUT2D eigenvalue weighted by Gasteiger charge is 2.08. The van der Waals surface area contributed by atoms with E-state index in [1.54, 1.807) is 6.07 Å². The van der Waals surface area contributed by atoms with Crippen molar-refractivity contribution in [2.24, 2.45) is 5.73 Å². The number of primary amides is 1. The van der Waals surface area contributed by atoms with Crippen LogP contribution >= 0.6 is 15.9 Å². The Morgan fingerprint density at radius 1 is 1.30 bits per heavy atom. The fraction of sp³-hybridized carbons (Fsp3) is 0.182. The number of carbonyl (C=O) groups is 3. The topological polar surface area (TPSA) is 131 Å². The van der Waals surface area contributed by atoms with Crippen LogP contribution in [-0.4, -0.2) is 36.4 Å². The Morgan fingerprint density at radius 3 is 2.60 bits per heavy atom. The first kappa shape index (κ1) is 15.8. The maximum absolute atomic E-state index is 11.5. The normalized spacial score (nSPS) is 9.65. The number of carbonyl (C=O) groups excluding carboxylic acids is 2. The average molecular weight is 346 g/mol. The number of hydrogen-bond donors (Lipinski definition) is 4. The van der Waals surface area contributed by atoms with E-state index in [1.807, 2.05) is 0 Å². The summed E-state index contributed by atoms with van der Waals surface area (Å²) in [7, 11) is 0. The molecule has 5 N–H and O–H groups in total. The van der Waals surface area contributed by atoms with Crippen molar-refractivity contribution in [1.29, 1.82) is 0 Å². The van der Waals surface area contributed by atoms with E-state index in [1.165, 1.54) is 12.1 Å². The zero-order valence-corrected chi connectivity index (χ0v) is 11.8. The first-order chi connectivity index (χ1) is 9.38. The standard InChI is InChI=1S/C11H12BrN3O5/c12-7-3-6(9(16)17)4-8(5-7)15-11(19)14-1-2-20-10(13)18/h3-5H,1-2H2,(H2,13,18)(H,16,17)(H2,14,15,19). The van der Waals surface area contributed by atoms with Crippen molar-refractivity contribution in [3.05, 3.63) is 28.2 Å². The molecule has 0 radical (unpaired) electrons. The molecule has 3 amide bonds. The van der Waals surface area contributed by atoms with Crippen molar-refractivity contribution in [3.63, 3.8) is 0 Å². The lowest BCUT2D eigenvalue weighted by molar-refractivity contribution is 0.0696. The zero-order valence-electron chi connectivity index (χ0n) is 10.2. The van der Waals surface area contributed by atoms with Crippen molar-refractivity contribution in [1.82, 2.24) is 5.32 Å². The molecule has 0 aliphatic heterocycles. The summed E-state index contributed by atoms with van der Waals surface area (Å²) >= 11 is 3.14. The summed E-state index contributed by atoms with van der Waals surface area (Å²) in [6.45, 7) is 0.0240. The molecule has 8 nitrogen and oxygen atoms in total. The van der Waals surface area contributed by atoms with Crippen LogP contribution < -0.4 is 16.4 Å². The number of carboxylic acid groups (broad SMARTS) is 1. The number of nitrogens with two attached hydrogens (primary N) is 1. The van der Waals surface area contributed by atoms with Crippen LogP contribution in [-0.2, 0) is 4.74 Å². The van der Waals surface area contributed by atoms with Crippen LogP contribution in [0.4, 0.5) is 15.3 Å². The molecular formula is C11H12BrN3O5. The third kappa shape index (κ3) is 5.57. The summed E-state index contributed by atoms with van der Waals surface area (Å²) in [4.78, 5) is 32.6. The van der Waals surface area contributed by atoms with Crippen molar-refractivity contribution < 1.29 is 24.2 Å². The summed E-state index contributed by atoms with van der Waals surface area (Å²) < 4.78 is 4.94. The molecule has 1 aromatic rings. The highest BCUT2D eigenvalue weighted by molar-refractivity contribution is 9.10. The van der Waals surface area contributed by atoms with Gasteiger partial charge in [0.25, 0.3) is 0 Å². The number of aromatic carboxylic acids is 1. The molecule has 1 rings (SSSR count). The van der Waals surface area contributed by atoms with Gasteiger partial charge in [-0.3, -0.25) is 0 Å². The molecular weight excluding hydrogens is 334 g/mol. The summed E-state index contributed by atoms with van der Waals surface area (Å²) in [5.41, 5.74) is 5.09. The van der Waals surface area contributed by atoms with Crippen LogP contribution in [0.15, 0.2) is 22.7 Å². The van der Waals surface area contributed by atoms with E-state index in [2.05, 4.69) is 31.3 Å². The quantitative estimate of drug-likeness (QED) is 0.598. The van der Waals surface area contributed by atoms with Gasteiger partial charge in [-0.15, -0.1) is 0 Å². The second kappa shape index (κ2) is 7.34. The fourth-order valence-corrected chi connectivity index (χ4v) is 1.77. The highest BCUT2D eigenvalue weighted by Crippen LogP contribution is 2.19. The van der Waals surface area contributed by atoms with E-state index in [-0.39, 0.29) is 18.7 Å². The predicted molar refractivity (Wildman–Crippen MR) is 73.7 cm³/mol. The number of rotatable bonds is 5. The average Bonchev–Trinajstić information content (AvgIpc) is 2.33. The Hall–Kier alpha value is -2.29. The number of carboxylic acids is 1. The van der Waals surface area contributed by atoms with Crippen molar-refractivity contribution >= 4 is 39.7 Å². The number of benzene rings is 1. The Morgan fingerprint density at radius 2 is 2.00 bits per heavy atom. The number of nitrogens with one attached hydrogen (secondary N) is 2. The lowest BCUT2D eigenvalue weighted by Gasteiger charge is -2.08. The van der Waals surface area contributed by atoms with Gasteiger partial charge in [-0.1, -0.05) is 15.9 Å². The summed E-state index contributed by atoms with van der Waals surface area (Å²) in [5, 5.41) is 13.7. The number of hydrogen-bond acceptors (Lipinski definition) is 4. The smallest absolute Gasteiger partial charge is 0.404 e. The molecule has 0 atom stereocenters. The number of urea groups is 1. The van der Waals surface area contributed by atoms with Crippen LogP contribution in [0.1, 0.15) is 10.4 Å². The van der Waals surface area contributed by atoms with Crippen molar-refractivity contribution in [2.75, 3.05) is 18.5 Å². The third-order valence-electron chi connectivity index (χ3n) is 2.03. The predicted octanol–water partition coefficient (Wildman–Crippen LogP) is 1.36. The Bertz CT molecular complexity index is 535. The maximum Gasteiger partial charge on any atom is 0.404 e. The minimum Gasteiger partial charge on any atom is -0.478 e. The van der Waals surface area contributed by atoms with Gasteiger partial charge >= 0.3 is 18.1 Å². The molecule has 20 heavy (non-hydrogen) atoms. The summed E-state index contributed by atoms with van der Waals surface area (Å²) in [5.74, 6) is -1.11. The van der Waals surface area contributed by atoms with E-state index in [4.69, 9.17) is 10.8 Å². The van der Waals surface area contributed by atoms with Gasteiger partial charge in [0.2, 0.25) is 0 Å². The Kier molecular flexibility index (Phi) is 5.78. The van der Waals surface area contributed by atoms with E-state index in [0.717, 1.165) is 0 Å². The van der Waals surface area contributed by atoms with Crippen LogP contribution in [0, 0.1) is 0 Å². The second-order valence-electron chi connectivity index (χ2n) is 3.58. The Labute approximate surface area is 122 Å². The van der Waals surface area contributed by atoms with Crippen LogP contribution in [0.2, 0.25) is 0 Å². The van der Waals surface area contributed by atoms with Crippen LogP contribution in [0.3, 0.4) is 0 Å². The fourth-order valence-electron chi connectivity index (χ4n) is 1.28. The molecule has 0 bridgehead atoms. The molecule has 0 spiro atoms. The number of anilines is 1. The van der Waals surface area contributed by atoms with Gasteiger partial charge in [-0.2, -0.15) is 0 Å². The zero-order chi connectivity index (χ0) is 15.1. The van der Waals surface area contributed by atoms with Gasteiger partial charge in [0, 0.05) is 10.2 Å². The first-order valence-electron chi connectivity index (χ1n) is 5.39. The van der Waals surface area contributed by atoms with Gasteiger partial charge in [-0.25, -0.2) is 14.4 Å². The van der Waals surface area contributed by atoms with Crippen molar-refractivity contribution in [2.45, 2.75) is 0 Å². The molecule has 9 heteroatoms. The molecule has 0 heterocycles. The number of ether oxygens (including phenoxy) is 1. The van der Waals surface area contributed by atoms with Crippen molar-refractivity contribution in [3.8, 4) is 0 Å². The van der Waals surface area contributed by atoms with E-state index < -0.39 is 18.1 Å². The first-order valence-corrected chi connectivity index (χ1v) is 6.19. The second-order valence-corrected chi connectivity index (χ2v) is 4.50. The molecule has 0 unspecified atom stereocenters.